The summed E-state index contributed by atoms with van der Waals surface area (Å²) in [6.07, 6.45) is 5.25. The number of hydrogen-bond donors (Lipinski definition) is 0. The summed E-state index contributed by atoms with van der Waals surface area (Å²) in [5.74, 6) is 1.75. The second kappa shape index (κ2) is 9.84. The molecule has 0 N–H and O–H groups in total. The number of carbonyl (C=O) groups is 1. The molecular weight excluding hydrogens is 444 g/mol. The number of thiocarbonyl (C=S) groups is 1. The maximum atomic E-state index is 13.0. The lowest BCUT2D eigenvalue weighted by atomic mass is 10.1. The van der Waals surface area contributed by atoms with Gasteiger partial charge in [0.25, 0.3) is 5.91 Å². The maximum absolute atomic E-state index is 13.0. The van der Waals surface area contributed by atoms with Gasteiger partial charge in [0.05, 0.1) is 24.8 Å². The Kier molecular flexibility index (Phi) is 6.72. The van der Waals surface area contributed by atoms with Crippen LogP contribution in [-0.4, -0.2) is 29.4 Å². The van der Waals surface area contributed by atoms with Crippen LogP contribution in [0, 0.1) is 0 Å². The van der Waals surface area contributed by atoms with Crippen molar-refractivity contribution in [3.8, 4) is 17.2 Å². The van der Waals surface area contributed by atoms with Crippen molar-refractivity contribution in [3.63, 3.8) is 0 Å². The number of amides is 1. The molecule has 0 aliphatic carbocycles. The molecule has 162 valence electrons. The fraction of sp³-hybridized carbons (Fsp3) is 0.125. The van der Waals surface area contributed by atoms with Crippen LogP contribution in [0.15, 0.2) is 71.9 Å². The average Bonchev–Trinajstić information content (AvgIpc) is 3.11. The van der Waals surface area contributed by atoms with Gasteiger partial charge in [0.2, 0.25) is 0 Å². The number of anilines is 1. The molecule has 0 unspecified atom stereocenters. The summed E-state index contributed by atoms with van der Waals surface area (Å²) in [6, 6.07) is 16.6. The number of thioether (sulfide) groups is 1. The Balaban J connectivity index is 1.52. The molecule has 1 aromatic heterocycles. The zero-order valence-corrected chi connectivity index (χ0v) is 19.1. The van der Waals surface area contributed by atoms with E-state index >= 15 is 0 Å². The van der Waals surface area contributed by atoms with Gasteiger partial charge in [-0.25, -0.2) is 0 Å². The van der Waals surface area contributed by atoms with Crippen molar-refractivity contribution in [2.75, 3.05) is 19.1 Å². The Morgan fingerprint density at radius 1 is 1.00 bits per heavy atom. The van der Waals surface area contributed by atoms with Crippen molar-refractivity contribution in [1.29, 1.82) is 0 Å². The first-order chi connectivity index (χ1) is 15.6. The molecule has 3 aromatic rings. The molecule has 0 bridgehead atoms. The third kappa shape index (κ3) is 4.76. The summed E-state index contributed by atoms with van der Waals surface area (Å²) in [5.41, 5.74) is 2.52. The average molecular weight is 465 g/mol. The van der Waals surface area contributed by atoms with Crippen molar-refractivity contribution in [3.05, 3.63) is 83.0 Å². The van der Waals surface area contributed by atoms with Crippen LogP contribution >= 0.6 is 24.0 Å². The van der Waals surface area contributed by atoms with E-state index in [1.807, 2.05) is 42.5 Å². The predicted octanol–water partition coefficient (Wildman–Crippen LogP) is 5.08. The monoisotopic (exact) mass is 464 g/mol. The Bertz CT molecular complexity index is 1160. The predicted molar refractivity (Wildman–Crippen MR) is 130 cm³/mol. The fourth-order valence-corrected chi connectivity index (χ4v) is 4.41. The minimum atomic E-state index is -0.165. The van der Waals surface area contributed by atoms with Gasteiger partial charge in [-0.1, -0.05) is 30.0 Å². The molecular formula is C24H20N2O4S2. The molecule has 1 fully saturated rings. The summed E-state index contributed by atoms with van der Waals surface area (Å²) in [7, 11) is 3.18. The molecule has 1 amide bonds. The number of rotatable bonds is 7. The van der Waals surface area contributed by atoms with Crippen molar-refractivity contribution >= 4 is 46.0 Å². The van der Waals surface area contributed by atoms with Crippen LogP contribution < -0.4 is 19.1 Å². The number of ether oxygens (including phenoxy) is 3. The first kappa shape index (κ1) is 21.9. The van der Waals surface area contributed by atoms with E-state index in [9.17, 15) is 4.79 Å². The second-order valence-electron chi connectivity index (χ2n) is 6.77. The van der Waals surface area contributed by atoms with Gasteiger partial charge in [-0.05, 0) is 65.7 Å². The highest BCUT2D eigenvalue weighted by Crippen LogP contribution is 2.37. The fourth-order valence-electron chi connectivity index (χ4n) is 3.11. The normalized spacial score (nSPS) is 14.7. The topological polar surface area (TPSA) is 60.9 Å². The van der Waals surface area contributed by atoms with E-state index in [0.29, 0.717) is 38.8 Å². The van der Waals surface area contributed by atoms with Gasteiger partial charge in [0.15, 0.2) is 15.8 Å². The lowest BCUT2D eigenvalue weighted by molar-refractivity contribution is -0.113. The lowest BCUT2D eigenvalue weighted by Gasteiger charge is -2.14. The van der Waals surface area contributed by atoms with Gasteiger partial charge < -0.3 is 14.2 Å². The van der Waals surface area contributed by atoms with Crippen molar-refractivity contribution < 1.29 is 19.0 Å². The quantitative estimate of drug-likeness (QED) is 0.357. The lowest BCUT2D eigenvalue weighted by Crippen LogP contribution is -2.27. The molecule has 32 heavy (non-hydrogen) atoms. The number of methoxy groups -OCH3 is 2. The summed E-state index contributed by atoms with van der Waals surface area (Å²) >= 11 is 6.72. The molecule has 0 radical (unpaired) electrons. The van der Waals surface area contributed by atoms with Crippen LogP contribution in [0.25, 0.3) is 6.08 Å². The van der Waals surface area contributed by atoms with E-state index in [1.54, 1.807) is 44.8 Å². The van der Waals surface area contributed by atoms with E-state index in [2.05, 4.69) is 4.98 Å². The molecule has 1 saturated heterocycles. The molecule has 2 aromatic carbocycles. The van der Waals surface area contributed by atoms with Gasteiger partial charge in [-0.2, -0.15) is 0 Å². The van der Waals surface area contributed by atoms with Crippen LogP contribution in [0.3, 0.4) is 0 Å². The van der Waals surface area contributed by atoms with Crippen LogP contribution in [0.1, 0.15) is 11.1 Å². The summed E-state index contributed by atoms with van der Waals surface area (Å²) in [4.78, 5) is 19.1. The number of benzene rings is 2. The van der Waals surface area contributed by atoms with Gasteiger partial charge in [-0.15, -0.1) is 0 Å². The Morgan fingerprint density at radius 3 is 2.44 bits per heavy atom. The highest BCUT2D eigenvalue weighted by Gasteiger charge is 2.33. The molecule has 6 nitrogen and oxygen atoms in total. The molecule has 8 heteroatoms. The first-order valence-corrected chi connectivity index (χ1v) is 10.9. The minimum Gasteiger partial charge on any atom is -0.497 e. The Morgan fingerprint density at radius 2 is 1.75 bits per heavy atom. The summed E-state index contributed by atoms with van der Waals surface area (Å²) in [5, 5.41) is 0. The third-order valence-corrected chi connectivity index (χ3v) is 6.06. The zero-order chi connectivity index (χ0) is 22.5. The number of aromatic nitrogens is 1. The SMILES string of the molecule is COc1ccc(N2C(=O)/C(=C/c3ccc(OCc4ccncc4)c(OC)c3)SC2=S)cc1. The molecule has 0 atom stereocenters. The standard InChI is InChI=1S/C24H20N2O4S2/c1-28-19-6-4-18(5-7-19)26-23(27)22(32-24(26)31)14-17-3-8-20(21(13-17)29-2)30-15-16-9-11-25-12-10-16/h3-14H,15H2,1-2H3/b22-14-. The Hall–Kier alpha value is -3.36. The van der Waals surface area contributed by atoms with Gasteiger partial charge >= 0.3 is 0 Å². The minimum absolute atomic E-state index is 0.165. The number of hydrogen-bond acceptors (Lipinski definition) is 7. The smallest absolute Gasteiger partial charge is 0.270 e. The van der Waals surface area contributed by atoms with E-state index in [0.717, 1.165) is 11.1 Å². The second-order valence-corrected chi connectivity index (χ2v) is 8.45. The van der Waals surface area contributed by atoms with Gasteiger partial charge in [0, 0.05) is 12.4 Å². The van der Waals surface area contributed by atoms with Crippen LogP contribution in [-0.2, 0) is 11.4 Å². The molecule has 4 rings (SSSR count). The van der Waals surface area contributed by atoms with E-state index in [4.69, 9.17) is 26.4 Å². The largest absolute Gasteiger partial charge is 0.497 e. The summed E-state index contributed by atoms with van der Waals surface area (Å²) < 4.78 is 17.0. The Labute approximate surface area is 195 Å². The van der Waals surface area contributed by atoms with Crippen molar-refractivity contribution in [2.45, 2.75) is 6.61 Å². The highest BCUT2D eigenvalue weighted by molar-refractivity contribution is 8.27. The third-order valence-electron chi connectivity index (χ3n) is 4.75. The van der Waals surface area contributed by atoms with Crippen LogP contribution in [0.2, 0.25) is 0 Å². The van der Waals surface area contributed by atoms with E-state index in [1.165, 1.54) is 16.7 Å². The van der Waals surface area contributed by atoms with Crippen LogP contribution in [0.4, 0.5) is 5.69 Å². The molecule has 1 aliphatic rings. The number of pyridine rings is 1. The maximum Gasteiger partial charge on any atom is 0.270 e. The van der Waals surface area contributed by atoms with E-state index in [-0.39, 0.29) is 5.91 Å². The number of nitrogens with zero attached hydrogens (tertiary/aromatic N) is 2. The highest BCUT2D eigenvalue weighted by atomic mass is 32.2. The zero-order valence-electron chi connectivity index (χ0n) is 17.5. The van der Waals surface area contributed by atoms with Gasteiger partial charge in [-0.3, -0.25) is 14.7 Å². The van der Waals surface area contributed by atoms with Crippen molar-refractivity contribution in [1.82, 2.24) is 4.98 Å². The molecule has 0 saturated carbocycles. The summed E-state index contributed by atoms with van der Waals surface area (Å²) in [6.45, 7) is 0.402. The molecule has 1 aliphatic heterocycles. The van der Waals surface area contributed by atoms with Crippen molar-refractivity contribution in [2.24, 2.45) is 0 Å². The number of carbonyl (C=O) groups excluding carboxylic acids is 1. The first-order valence-electron chi connectivity index (χ1n) is 9.71. The van der Waals surface area contributed by atoms with Crippen LogP contribution in [0.5, 0.6) is 17.2 Å². The molecule has 2 heterocycles. The molecule has 0 spiro atoms. The van der Waals surface area contributed by atoms with Gasteiger partial charge in [0.1, 0.15) is 12.4 Å². The van der Waals surface area contributed by atoms with E-state index < -0.39 is 0 Å².